The fourth-order valence-corrected chi connectivity index (χ4v) is 5.61. The second-order valence-corrected chi connectivity index (χ2v) is 11.4. The van der Waals surface area contributed by atoms with Crippen molar-refractivity contribution in [2.75, 3.05) is 26.2 Å². The number of nitrogens with zero attached hydrogens (tertiary/aromatic N) is 4. The molecule has 0 atom stereocenters. The first-order valence-corrected chi connectivity index (χ1v) is 15.5. The van der Waals surface area contributed by atoms with E-state index in [9.17, 15) is 18.4 Å². The topological polar surface area (TPSA) is 58.4 Å². The maximum atomic E-state index is 13.8. The lowest BCUT2D eigenvalue weighted by Crippen LogP contribution is -2.41. The van der Waals surface area contributed by atoms with Crippen molar-refractivity contribution in [1.29, 1.82) is 0 Å². The zero-order chi connectivity index (χ0) is 30.8. The molecule has 3 aromatic carbocycles. The Labute approximate surface area is 257 Å². The second-order valence-electron chi connectivity index (χ2n) is 10.4. The van der Waals surface area contributed by atoms with Crippen molar-refractivity contribution in [3.63, 3.8) is 0 Å². The van der Waals surface area contributed by atoms with Gasteiger partial charge in [-0.05, 0) is 58.5 Å². The number of hydrogen-bond donors (Lipinski definition) is 0. The highest BCUT2D eigenvalue weighted by Gasteiger charge is 2.18. The molecule has 0 saturated carbocycles. The number of likely N-dealkylation sites (N-methyl/N-ethyl adjacent to an activating group) is 1. The summed E-state index contributed by atoms with van der Waals surface area (Å²) in [6.45, 7) is 7.27. The number of carbonyl (C=O) groups excluding carboxylic acids is 1. The molecule has 10 heteroatoms. The lowest BCUT2D eigenvalue weighted by Gasteiger charge is -2.27. The van der Waals surface area contributed by atoms with E-state index in [0.29, 0.717) is 35.0 Å². The first kappa shape index (κ1) is 32.2. The van der Waals surface area contributed by atoms with Crippen molar-refractivity contribution in [2.45, 2.75) is 44.5 Å². The molecule has 6 nitrogen and oxygen atoms in total. The molecule has 0 aliphatic carbocycles. The number of benzene rings is 3. The van der Waals surface area contributed by atoms with Gasteiger partial charge in [-0.2, -0.15) is 4.98 Å². The van der Waals surface area contributed by atoms with Crippen LogP contribution in [0.15, 0.2) is 88.9 Å². The average molecular weight is 603 g/mol. The number of amides is 1. The van der Waals surface area contributed by atoms with Gasteiger partial charge in [-0.1, -0.05) is 86.3 Å². The van der Waals surface area contributed by atoms with E-state index in [0.717, 1.165) is 41.9 Å². The molecular formula is C33H37BF2N4O2S. The summed E-state index contributed by atoms with van der Waals surface area (Å²) in [6.07, 6.45) is 1.69. The smallest absolute Gasteiger partial charge is 0.267 e. The van der Waals surface area contributed by atoms with E-state index >= 15 is 0 Å². The molecule has 0 radical (unpaired) electrons. The fourth-order valence-electron chi connectivity index (χ4n) is 4.69. The van der Waals surface area contributed by atoms with Gasteiger partial charge >= 0.3 is 0 Å². The quantitative estimate of drug-likeness (QED) is 0.121. The number of halogens is 2. The van der Waals surface area contributed by atoms with Crippen LogP contribution in [0.4, 0.5) is 8.78 Å². The molecular weight excluding hydrogens is 565 g/mol. The van der Waals surface area contributed by atoms with Crippen LogP contribution in [0.3, 0.4) is 0 Å². The predicted molar refractivity (Wildman–Crippen MR) is 173 cm³/mol. The number of aromatic nitrogens is 2. The van der Waals surface area contributed by atoms with Crippen LogP contribution >= 0.6 is 11.8 Å². The lowest BCUT2D eigenvalue weighted by atomic mass is 10.0. The fraction of sp³-hybridized carbons (Fsp3) is 0.303. The molecule has 0 N–H and O–H groups in total. The van der Waals surface area contributed by atoms with Crippen molar-refractivity contribution in [2.24, 2.45) is 0 Å². The average Bonchev–Trinajstić information content (AvgIpc) is 3.03. The number of alkyl halides is 1. The van der Waals surface area contributed by atoms with E-state index in [4.69, 9.17) is 0 Å². The van der Waals surface area contributed by atoms with Crippen LogP contribution in [0.25, 0.3) is 11.1 Å². The van der Waals surface area contributed by atoms with Gasteiger partial charge < -0.3 is 14.4 Å². The van der Waals surface area contributed by atoms with E-state index in [1.165, 1.54) is 23.9 Å². The monoisotopic (exact) mass is 602 g/mol. The highest BCUT2D eigenvalue weighted by Crippen LogP contribution is 2.23. The van der Waals surface area contributed by atoms with Crippen LogP contribution in [0.2, 0.25) is 0 Å². The molecule has 0 bridgehead atoms. The van der Waals surface area contributed by atoms with Gasteiger partial charge in [0.2, 0.25) is 5.91 Å². The van der Waals surface area contributed by atoms with Crippen molar-refractivity contribution < 1.29 is 13.6 Å². The molecule has 0 saturated heterocycles. The first-order chi connectivity index (χ1) is 20.8. The molecule has 1 heterocycles. The summed E-state index contributed by atoms with van der Waals surface area (Å²) in [5.41, 5.74) is 4.69. The second kappa shape index (κ2) is 15.6. The molecule has 4 aromatic rings. The summed E-state index contributed by atoms with van der Waals surface area (Å²) in [5, 5.41) is 0.445. The molecule has 4 rings (SSSR count). The Kier molecular flexibility index (Phi) is 11.7. The molecule has 0 unspecified atom stereocenters. The van der Waals surface area contributed by atoms with E-state index < -0.39 is 6.67 Å². The summed E-state index contributed by atoms with van der Waals surface area (Å²) in [4.78, 5) is 34.6. The standard InChI is InChI=1S/C33H37BF2N4O2S/c1-3-38(4-2)17-18-39(20-25-7-13-28(14-8-25)27-11-5-24(19-35)6-12-27)31(41)22-40-21-30(34)32(42)37-33(40)43-23-26-9-15-29(36)16-10-26/h5-16,21H,3-4,17-20,22-23,34H2,1-2H3. The van der Waals surface area contributed by atoms with Gasteiger partial charge in [0, 0.05) is 31.6 Å². The minimum Gasteiger partial charge on any atom is -0.336 e. The molecule has 0 aliphatic rings. The number of rotatable bonds is 14. The minimum atomic E-state index is -0.486. The van der Waals surface area contributed by atoms with Crippen molar-refractivity contribution in [3.05, 3.63) is 112 Å². The largest absolute Gasteiger partial charge is 0.336 e. The van der Waals surface area contributed by atoms with Gasteiger partial charge in [0.1, 0.15) is 26.9 Å². The van der Waals surface area contributed by atoms with Crippen LogP contribution in [-0.2, 0) is 30.3 Å². The maximum Gasteiger partial charge on any atom is 0.267 e. The van der Waals surface area contributed by atoms with Crippen LogP contribution in [0.1, 0.15) is 30.5 Å². The summed E-state index contributed by atoms with van der Waals surface area (Å²) in [6, 6.07) is 21.7. The third-order valence-electron chi connectivity index (χ3n) is 7.42. The molecule has 224 valence electrons. The lowest BCUT2D eigenvalue weighted by molar-refractivity contribution is -0.132. The minimum absolute atomic E-state index is 0.0388. The summed E-state index contributed by atoms with van der Waals surface area (Å²) < 4.78 is 28.0. The Morgan fingerprint density at radius 1 is 0.884 bits per heavy atom. The molecule has 0 fully saturated rings. The Balaban J connectivity index is 1.52. The third kappa shape index (κ3) is 9.11. The Bertz CT molecular complexity index is 1540. The first-order valence-electron chi connectivity index (χ1n) is 14.5. The Morgan fingerprint density at radius 2 is 1.47 bits per heavy atom. The van der Waals surface area contributed by atoms with E-state index in [1.54, 1.807) is 42.9 Å². The van der Waals surface area contributed by atoms with Crippen LogP contribution < -0.4 is 11.0 Å². The summed E-state index contributed by atoms with van der Waals surface area (Å²) in [7, 11) is 1.69. The highest BCUT2D eigenvalue weighted by molar-refractivity contribution is 7.98. The third-order valence-corrected chi connectivity index (χ3v) is 8.48. The van der Waals surface area contributed by atoms with Gasteiger partial charge in [0.25, 0.3) is 5.56 Å². The van der Waals surface area contributed by atoms with Crippen LogP contribution in [0, 0.1) is 5.82 Å². The van der Waals surface area contributed by atoms with E-state index in [2.05, 4.69) is 23.7 Å². The number of thioether (sulfide) groups is 1. The van der Waals surface area contributed by atoms with Gasteiger partial charge in [0.05, 0.1) is 0 Å². The number of hydrogen-bond acceptors (Lipinski definition) is 5. The van der Waals surface area contributed by atoms with Gasteiger partial charge in [-0.15, -0.1) is 0 Å². The SMILES string of the molecule is Bc1cn(CC(=O)N(CCN(CC)CC)Cc2ccc(-c3ccc(CF)cc3)cc2)c(SCc2ccc(F)cc2)nc1=O. The Hall–Kier alpha value is -3.76. The predicted octanol–water partition coefficient (Wildman–Crippen LogP) is 4.44. The van der Waals surface area contributed by atoms with Gasteiger partial charge in [-0.25, -0.2) is 8.78 Å². The highest BCUT2D eigenvalue weighted by atomic mass is 32.2. The molecule has 1 aromatic heterocycles. The Morgan fingerprint density at radius 3 is 2.05 bits per heavy atom. The summed E-state index contributed by atoms with van der Waals surface area (Å²) in [5.74, 6) is 0.0984. The van der Waals surface area contributed by atoms with E-state index in [-0.39, 0.29) is 23.8 Å². The molecule has 0 aliphatic heterocycles. The molecule has 43 heavy (non-hydrogen) atoms. The van der Waals surface area contributed by atoms with E-state index in [1.807, 2.05) is 41.3 Å². The normalized spacial score (nSPS) is 11.2. The van der Waals surface area contributed by atoms with Gasteiger partial charge in [-0.3, -0.25) is 9.59 Å². The zero-order valence-corrected chi connectivity index (χ0v) is 25.7. The van der Waals surface area contributed by atoms with Crippen molar-refractivity contribution in [3.8, 4) is 11.1 Å². The zero-order valence-electron chi connectivity index (χ0n) is 24.9. The van der Waals surface area contributed by atoms with Crippen LogP contribution in [0.5, 0.6) is 0 Å². The van der Waals surface area contributed by atoms with Crippen molar-refractivity contribution >= 4 is 31.0 Å². The van der Waals surface area contributed by atoms with Gasteiger partial charge in [0.15, 0.2) is 5.16 Å². The molecule has 0 spiro atoms. The summed E-state index contributed by atoms with van der Waals surface area (Å²) >= 11 is 1.34. The van der Waals surface area contributed by atoms with Crippen LogP contribution in [-0.4, -0.2) is 59.3 Å². The van der Waals surface area contributed by atoms with Crippen molar-refractivity contribution in [1.82, 2.24) is 19.4 Å². The number of carbonyl (C=O) groups is 1. The molecule has 1 amide bonds. The maximum absolute atomic E-state index is 13.8.